The monoisotopic (exact) mass is 490 g/mol. The van der Waals surface area contributed by atoms with Gasteiger partial charge in [-0.15, -0.1) is 0 Å². The number of hydrogen-bond acceptors (Lipinski definition) is 4. The number of pyridine rings is 1. The Morgan fingerprint density at radius 2 is 1.92 bits per heavy atom. The van der Waals surface area contributed by atoms with E-state index in [2.05, 4.69) is 39.7 Å². The van der Waals surface area contributed by atoms with Crippen molar-refractivity contribution in [3.05, 3.63) is 68.8 Å². The number of carbonyl (C=O) groups is 1. The van der Waals surface area contributed by atoms with Gasteiger partial charge in [0.05, 0.1) is 24.8 Å². The van der Waals surface area contributed by atoms with Gasteiger partial charge in [-0.05, 0) is 76.7 Å². The normalized spacial score (nSPS) is 18.3. The standard InChI is InChI=1S/C29H38N4O3/c1-5-21-14-18(2)31-28(34)25(21)15-30-29(35)27-20(4)33(26-9-7-6-8-24(26)27)19(3)22-10-12-32(13-11-22)23-16-36-17-23/h6-9,14,19,22-23H,5,10-13,15-17H2,1-4H3,(H,30,35)(H,31,34). The fraction of sp³-hybridized carbons (Fsp3) is 0.517. The van der Waals surface area contributed by atoms with Crippen LogP contribution in [-0.2, 0) is 17.7 Å². The summed E-state index contributed by atoms with van der Waals surface area (Å²) in [4.78, 5) is 31.6. The van der Waals surface area contributed by atoms with E-state index in [4.69, 9.17) is 4.74 Å². The third-order valence-corrected chi connectivity index (χ3v) is 8.35. The molecule has 2 aromatic heterocycles. The first-order valence-corrected chi connectivity index (χ1v) is 13.3. The summed E-state index contributed by atoms with van der Waals surface area (Å²) < 4.78 is 7.76. The molecule has 1 amide bonds. The SMILES string of the molecule is CCc1cc(C)[nH]c(=O)c1CNC(=O)c1c(C)n(C(C)C2CCN(C3COC3)CC2)c2ccccc12. The maximum Gasteiger partial charge on any atom is 0.254 e. The molecule has 0 radical (unpaired) electrons. The molecule has 0 spiro atoms. The molecule has 3 aromatic rings. The highest BCUT2D eigenvalue weighted by Crippen LogP contribution is 2.36. The van der Waals surface area contributed by atoms with E-state index in [-0.39, 0.29) is 18.0 Å². The lowest BCUT2D eigenvalue weighted by atomic mass is 9.89. The summed E-state index contributed by atoms with van der Waals surface area (Å²) in [5.41, 5.74) is 5.13. The summed E-state index contributed by atoms with van der Waals surface area (Å²) in [6, 6.07) is 11.1. The number of likely N-dealkylation sites (tertiary alicyclic amines) is 1. The summed E-state index contributed by atoms with van der Waals surface area (Å²) in [5, 5.41) is 4.02. The van der Waals surface area contributed by atoms with Crippen molar-refractivity contribution in [1.82, 2.24) is 19.8 Å². The van der Waals surface area contributed by atoms with Crippen LogP contribution in [0.5, 0.6) is 0 Å². The van der Waals surface area contributed by atoms with Crippen LogP contribution in [0, 0.1) is 19.8 Å². The van der Waals surface area contributed by atoms with E-state index in [0.717, 1.165) is 73.4 Å². The van der Waals surface area contributed by atoms with E-state index in [0.29, 0.717) is 29.1 Å². The van der Waals surface area contributed by atoms with Gasteiger partial charge in [0.1, 0.15) is 0 Å². The molecular formula is C29H38N4O3. The second kappa shape index (κ2) is 10.2. The maximum atomic E-state index is 13.5. The van der Waals surface area contributed by atoms with Crippen molar-refractivity contribution in [2.24, 2.45) is 5.92 Å². The number of benzene rings is 1. The van der Waals surface area contributed by atoms with Gasteiger partial charge in [0.2, 0.25) is 0 Å². The minimum absolute atomic E-state index is 0.125. The van der Waals surface area contributed by atoms with Gasteiger partial charge in [-0.3, -0.25) is 14.5 Å². The van der Waals surface area contributed by atoms with Gasteiger partial charge < -0.3 is 19.6 Å². The van der Waals surface area contributed by atoms with Crippen molar-refractivity contribution in [1.29, 1.82) is 0 Å². The zero-order valence-electron chi connectivity index (χ0n) is 21.9. The molecule has 1 unspecified atom stereocenters. The van der Waals surface area contributed by atoms with Crippen molar-refractivity contribution in [3.8, 4) is 0 Å². The molecule has 0 saturated carbocycles. The minimum Gasteiger partial charge on any atom is -0.378 e. The van der Waals surface area contributed by atoms with Crippen LogP contribution >= 0.6 is 0 Å². The van der Waals surface area contributed by atoms with Crippen LogP contribution < -0.4 is 10.9 Å². The topological polar surface area (TPSA) is 79.4 Å². The molecule has 5 rings (SSSR count). The van der Waals surface area contributed by atoms with E-state index in [1.54, 1.807) is 0 Å². The van der Waals surface area contributed by atoms with Crippen LogP contribution in [0.25, 0.3) is 10.9 Å². The smallest absolute Gasteiger partial charge is 0.254 e. The average molecular weight is 491 g/mol. The molecule has 2 aliphatic rings. The van der Waals surface area contributed by atoms with Crippen LogP contribution in [-0.4, -0.2) is 52.7 Å². The highest BCUT2D eigenvalue weighted by molar-refractivity contribution is 6.08. The molecule has 2 fully saturated rings. The third-order valence-electron chi connectivity index (χ3n) is 8.35. The number of fused-ring (bicyclic) bond motifs is 1. The number of hydrogen-bond donors (Lipinski definition) is 2. The summed E-state index contributed by atoms with van der Waals surface area (Å²) >= 11 is 0. The number of nitrogens with zero attached hydrogens (tertiary/aromatic N) is 2. The molecule has 7 heteroatoms. The number of nitrogens with one attached hydrogen (secondary N) is 2. The molecule has 192 valence electrons. The second-order valence-electron chi connectivity index (χ2n) is 10.5. The fourth-order valence-electron chi connectivity index (χ4n) is 6.17. The molecular weight excluding hydrogens is 452 g/mol. The van der Waals surface area contributed by atoms with Gasteiger partial charge in [0, 0.05) is 40.4 Å². The molecule has 2 N–H and O–H groups in total. The summed E-state index contributed by atoms with van der Waals surface area (Å²) in [6.07, 6.45) is 3.06. The van der Waals surface area contributed by atoms with Gasteiger partial charge in [-0.1, -0.05) is 25.1 Å². The molecule has 7 nitrogen and oxygen atoms in total. The average Bonchev–Trinajstić information content (AvgIpc) is 3.13. The third kappa shape index (κ3) is 4.50. The van der Waals surface area contributed by atoms with Crippen LogP contribution in [0.1, 0.15) is 65.6 Å². The Morgan fingerprint density at radius 1 is 1.19 bits per heavy atom. The molecule has 0 aliphatic carbocycles. The van der Waals surface area contributed by atoms with Crippen LogP contribution in [0.4, 0.5) is 0 Å². The first-order chi connectivity index (χ1) is 17.4. The van der Waals surface area contributed by atoms with Crippen molar-refractivity contribution in [2.75, 3.05) is 26.3 Å². The Hall–Kier alpha value is -2.90. The first-order valence-electron chi connectivity index (χ1n) is 13.3. The van der Waals surface area contributed by atoms with Crippen LogP contribution in [0.15, 0.2) is 35.1 Å². The van der Waals surface area contributed by atoms with Crippen molar-refractivity contribution < 1.29 is 9.53 Å². The number of aryl methyl sites for hydroxylation is 2. The molecule has 1 aromatic carbocycles. The fourth-order valence-corrected chi connectivity index (χ4v) is 6.17. The van der Waals surface area contributed by atoms with E-state index in [1.807, 2.05) is 38.1 Å². The van der Waals surface area contributed by atoms with Crippen LogP contribution in [0.2, 0.25) is 0 Å². The van der Waals surface area contributed by atoms with Gasteiger partial charge in [-0.2, -0.15) is 0 Å². The predicted octanol–water partition coefficient (Wildman–Crippen LogP) is 4.11. The summed E-state index contributed by atoms with van der Waals surface area (Å²) in [6.45, 7) is 12.4. The highest BCUT2D eigenvalue weighted by Gasteiger charge is 2.33. The number of ether oxygens (including phenoxy) is 1. The maximum absolute atomic E-state index is 13.5. The van der Waals surface area contributed by atoms with Crippen molar-refractivity contribution in [3.63, 3.8) is 0 Å². The number of H-pyrrole nitrogens is 1. The van der Waals surface area contributed by atoms with Crippen molar-refractivity contribution >= 4 is 16.8 Å². The quantitative estimate of drug-likeness (QED) is 0.522. The largest absolute Gasteiger partial charge is 0.378 e. The minimum atomic E-state index is -0.128. The lowest BCUT2D eigenvalue weighted by Crippen LogP contribution is -2.52. The number of rotatable bonds is 7. The zero-order valence-corrected chi connectivity index (χ0v) is 21.9. The Balaban J connectivity index is 1.39. The molecule has 2 aliphatic heterocycles. The number of carbonyl (C=O) groups excluding carboxylic acids is 1. The number of amides is 1. The van der Waals surface area contributed by atoms with Gasteiger partial charge >= 0.3 is 0 Å². The Labute approximate surface area is 212 Å². The number of piperidine rings is 1. The van der Waals surface area contributed by atoms with E-state index in [1.165, 1.54) is 0 Å². The van der Waals surface area contributed by atoms with Gasteiger partial charge in [0.25, 0.3) is 11.5 Å². The summed E-state index contributed by atoms with van der Waals surface area (Å²) in [7, 11) is 0. The number of aromatic amines is 1. The Bertz CT molecular complexity index is 1310. The number of para-hydroxylation sites is 1. The Morgan fingerprint density at radius 3 is 2.58 bits per heavy atom. The molecule has 36 heavy (non-hydrogen) atoms. The lowest BCUT2D eigenvalue weighted by molar-refractivity contribution is -0.0752. The van der Waals surface area contributed by atoms with Gasteiger partial charge in [-0.25, -0.2) is 0 Å². The lowest BCUT2D eigenvalue weighted by Gasteiger charge is -2.43. The number of aromatic nitrogens is 2. The molecule has 4 heterocycles. The predicted molar refractivity (Wildman–Crippen MR) is 143 cm³/mol. The van der Waals surface area contributed by atoms with Crippen molar-refractivity contribution in [2.45, 2.75) is 65.6 Å². The Kier molecular flexibility index (Phi) is 7.04. The molecule has 1 atom stereocenters. The van der Waals surface area contributed by atoms with Gasteiger partial charge in [0.15, 0.2) is 0 Å². The summed E-state index contributed by atoms with van der Waals surface area (Å²) in [5.74, 6) is 0.433. The molecule has 0 bridgehead atoms. The van der Waals surface area contributed by atoms with Crippen LogP contribution in [0.3, 0.4) is 0 Å². The second-order valence-corrected chi connectivity index (χ2v) is 10.5. The zero-order chi connectivity index (χ0) is 25.4. The van der Waals surface area contributed by atoms with E-state index >= 15 is 0 Å². The van der Waals surface area contributed by atoms with E-state index in [9.17, 15) is 9.59 Å². The first kappa shape index (κ1) is 24.8. The molecule has 2 saturated heterocycles. The van der Waals surface area contributed by atoms with E-state index < -0.39 is 0 Å². The highest BCUT2D eigenvalue weighted by atomic mass is 16.5.